The third kappa shape index (κ3) is 5.90. The molecule has 0 bridgehead atoms. The highest BCUT2D eigenvalue weighted by Gasteiger charge is 2.28. The fourth-order valence-electron chi connectivity index (χ4n) is 3.07. The molecule has 1 N–H and O–H groups in total. The minimum absolute atomic E-state index is 0.149. The largest absolute Gasteiger partial charge is 0.331 e. The first kappa shape index (κ1) is 25.6. The Balaban J connectivity index is 2.05. The molecule has 0 amide bonds. The van der Waals surface area contributed by atoms with Gasteiger partial charge in [-0.1, -0.05) is 35.3 Å². The van der Waals surface area contributed by atoms with Gasteiger partial charge in [0, 0.05) is 19.8 Å². The van der Waals surface area contributed by atoms with Crippen molar-refractivity contribution in [3.63, 3.8) is 0 Å². The predicted molar refractivity (Wildman–Crippen MR) is 122 cm³/mol. The highest BCUT2D eigenvalue weighted by molar-refractivity contribution is 7.91. The van der Waals surface area contributed by atoms with Gasteiger partial charge in [-0.25, -0.2) is 30.6 Å². The van der Waals surface area contributed by atoms with Crippen molar-refractivity contribution in [2.45, 2.75) is 10.9 Å². The van der Waals surface area contributed by atoms with E-state index in [0.717, 1.165) is 28.9 Å². The summed E-state index contributed by atoms with van der Waals surface area (Å²) in [5.74, 6) is -2.28. The van der Waals surface area contributed by atoms with Crippen molar-refractivity contribution < 1.29 is 25.6 Å². The Kier molecular flexibility index (Phi) is 7.49. The Morgan fingerprint density at radius 1 is 1.00 bits per heavy atom. The van der Waals surface area contributed by atoms with E-state index in [1.807, 2.05) is 0 Å². The highest BCUT2D eigenvalue weighted by atomic mass is 35.5. The van der Waals surface area contributed by atoms with Crippen molar-refractivity contribution in [3.05, 3.63) is 81.2 Å². The zero-order valence-electron chi connectivity index (χ0n) is 17.4. The number of aromatic nitrogens is 2. The number of imidazole rings is 1. The molecular formula is C20H19Cl2F2N3O4S2. The Morgan fingerprint density at radius 2 is 1.52 bits per heavy atom. The summed E-state index contributed by atoms with van der Waals surface area (Å²) in [6.07, 6.45) is 2.10. The molecule has 3 rings (SSSR count). The number of hydrogen-bond acceptors (Lipinski definition) is 5. The second-order valence-corrected chi connectivity index (χ2v) is 12.5. The van der Waals surface area contributed by atoms with Crippen LogP contribution >= 0.6 is 23.2 Å². The molecule has 7 nitrogen and oxygen atoms in total. The molecule has 0 radical (unpaired) electrons. The maximum absolute atomic E-state index is 13.7. The van der Waals surface area contributed by atoms with Crippen LogP contribution in [0.3, 0.4) is 0 Å². The van der Waals surface area contributed by atoms with Crippen molar-refractivity contribution in [1.29, 1.82) is 0 Å². The summed E-state index contributed by atoms with van der Waals surface area (Å²) in [4.78, 5) is 6.91. The number of benzene rings is 2. The fourth-order valence-corrected chi connectivity index (χ4v) is 5.26. The van der Waals surface area contributed by atoms with Crippen LogP contribution < -0.4 is 0 Å². The summed E-state index contributed by atoms with van der Waals surface area (Å²) in [5.41, 5.74) is 0.903. The van der Waals surface area contributed by atoms with Crippen LogP contribution in [0, 0.1) is 11.6 Å². The number of H-pyrrole nitrogens is 1. The summed E-state index contributed by atoms with van der Waals surface area (Å²) in [6.45, 7) is -0.250. The van der Waals surface area contributed by atoms with E-state index in [0.29, 0.717) is 11.1 Å². The van der Waals surface area contributed by atoms with Gasteiger partial charge in [0.25, 0.3) is 10.0 Å². The number of halogens is 4. The second kappa shape index (κ2) is 9.67. The van der Waals surface area contributed by atoms with Crippen LogP contribution in [0.1, 0.15) is 22.9 Å². The van der Waals surface area contributed by atoms with E-state index in [2.05, 4.69) is 9.97 Å². The number of rotatable bonds is 8. The first-order valence-electron chi connectivity index (χ1n) is 9.38. The summed E-state index contributed by atoms with van der Waals surface area (Å²) in [6, 6.07) is 7.89. The van der Waals surface area contributed by atoms with Crippen LogP contribution in [-0.2, 0) is 19.9 Å². The average Bonchev–Trinajstić information content (AvgIpc) is 3.21. The molecule has 0 spiro atoms. The number of sulfone groups is 1. The van der Waals surface area contributed by atoms with Gasteiger partial charge in [-0.3, -0.25) is 0 Å². The molecule has 1 heterocycles. The van der Waals surface area contributed by atoms with Crippen LogP contribution in [0.4, 0.5) is 8.78 Å². The van der Waals surface area contributed by atoms with Gasteiger partial charge in [0.1, 0.15) is 27.3 Å². The maximum atomic E-state index is 13.7. The van der Waals surface area contributed by atoms with Crippen LogP contribution in [0.15, 0.2) is 47.6 Å². The Hall–Kier alpha value is -2.05. The summed E-state index contributed by atoms with van der Waals surface area (Å²) >= 11 is 11.9. The minimum Gasteiger partial charge on any atom is -0.331 e. The molecular weight excluding hydrogens is 519 g/mol. The van der Waals surface area contributed by atoms with Crippen LogP contribution in [0.25, 0.3) is 0 Å². The highest BCUT2D eigenvalue weighted by Crippen LogP contribution is 2.34. The number of nitrogens with zero attached hydrogens (tertiary/aromatic N) is 2. The predicted octanol–water partition coefficient (Wildman–Crippen LogP) is 3.84. The molecule has 178 valence electrons. The summed E-state index contributed by atoms with van der Waals surface area (Å²) in [7, 11) is -6.22. The van der Waals surface area contributed by atoms with Gasteiger partial charge in [-0.2, -0.15) is 4.31 Å². The van der Waals surface area contributed by atoms with Gasteiger partial charge in [0.05, 0.1) is 27.9 Å². The summed E-state index contributed by atoms with van der Waals surface area (Å²) < 4.78 is 76.9. The number of sulfonamides is 1. The minimum atomic E-state index is -4.09. The smallest absolute Gasteiger partial charge is 0.259 e. The van der Waals surface area contributed by atoms with E-state index in [9.17, 15) is 25.6 Å². The summed E-state index contributed by atoms with van der Waals surface area (Å²) in [5, 5.41) is -0.601. The second-order valence-electron chi connectivity index (χ2n) is 7.37. The van der Waals surface area contributed by atoms with Crippen molar-refractivity contribution in [3.8, 4) is 0 Å². The standard InChI is InChI=1S/C20H19Cl2F2N3O4S2/c1-27(7-8-32(2,28)29)33(30,31)18-11-25-20(26-18)19(12-3-5-16(23)14(21)9-12)13-4-6-17(24)15(22)10-13/h3-6,9-11,19H,7-8H2,1-2H3,(H,25,26). The Bertz CT molecular complexity index is 1340. The SMILES string of the molecule is CN(CCS(C)(=O)=O)S(=O)(=O)c1cnc(C(c2ccc(F)c(Cl)c2)c2ccc(F)c(Cl)c2)[nH]1. The molecule has 0 saturated heterocycles. The molecule has 3 aromatic rings. The Labute approximate surface area is 200 Å². The van der Waals surface area contributed by atoms with Crippen molar-refractivity contribution in [1.82, 2.24) is 14.3 Å². The molecule has 0 fully saturated rings. The lowest BCUT2D eigenvalue weighted by atomic mass is 9.90. The molecule has 33 heavy (non-hydrogen) atoms. The lowest BCUT2D eigenvalue weighted by Crippen LogP contribution is -2.31. The molecule has 0 atom stereocenters. The molecule has 0 aliphatic carbocycles. The lowest BCUT2D eigenvalue weighted by Gasteiger charge is -2.18. The molecule has 1 aromatic heterocycles. The third-order valence-electron chi connectivity index (χ3n) is 4.86. The van der Waals surface area contributed by atoms with E-state index in [1.54, 1.807) is 0 Å². The van der Waals surface area contributed by atoms with Gasteiger partial charge in [0.15, 0.2) is 5.03 Å². The van der Waals surface area contributed by atoms with Crippen molar-refractivity contribution in [2.24, 2.45) is 0 Å². The van der Waals surface area contributed by atoms with Crippen molar-refractivity contribution in [2.75, 3.05) is 25.6 Å². The first-order chi connectivity index (χ1) is 15.3. The van der Waals surface area contributed by atoms with E-state index < -0.39 is 37.4 Å². The van der Waals surface area contributed by atoms with Gasteiger partial charge in [0.2, 0.25) is 0 Å². The van der Waals surface area contributed by atoms with E-state index in [1.165, 1.54) is 31.3 Å². The van der Waals surface area contributed by atoms with Crippen LogP contribution in [-0.4, -0.2) is 56.7 Å². The fraction of sp³-hybridized carbons (Fsp3) is 0.250. The van der Waals surface area contributed by atoms with Gasteiger partial charge in [-0.15, -0.1) is 0 Å². The van der Waals surface area contributed by atoms with Gasteiger partial charge < -0.3 is 4.98 Å². The molecule has 13 heteroatoms. The van der Waals surface area contributed by atoms with Crippen LogP contribution in [0.5, 0.6) is 0 Å². The normalized spacial score (nSPS) is 12.6. The quantitative estimate of drug-likeness (QED) is 0.470. The van der Waals surface area contributed by atoms with E-state index >= 15 is 0 Å². The maximum Gasteiger partial charge on any atom is 0.259 e. The van der Waals surface area contributed by atoms with E-state index in [4.69, 9.17) is 23.2 Å². The zero-order chi connectivity index (χ0) is 24.6. The lowest BCUT2D eigenvalue weighted by molar-refractivity contribution is 0.482. The van der Waals surface area contributed by atoms with Gasteiger partial charge >= 0.3 is 0 Å². The molecule has 0 aliphatic heterocycles. The molecule has 2 aromatic carbocycles. The topological polar surface area (TPSA) is 100 Å². The number of aromatic amines is 1. The average molecular weight is 538 g/mol. The Morgan fingerprint density at radius 3 is 1.97 bits per heavy atom. The van der Waals surface area contributed by atoms with Gasteiger partial charge in [-0.05, 0) is 35.4 Å². The first-order valence-corrected chi connectivity index (χ1v) is 13.6. The van der Waals surface area contributed by atoms with Crippen molar-refractivity contribution >= 4 is 43.1 Å². The molecule has 0 unspecified atom stereocenters. The number of hydrogen-bond donors (Lipinski definition) is 1. The zero-order valence-corrected chi connectivity index (χ0v) is 20.5. The third-order valence-corrected chi connectivity index (χ3v) is 8.13. The van der Waals surface area contributed by atoms with E-state index in [-0.39, 0.29) is 33.2 Å². The number of nitrogens with one attached hydrogen (secondary N) is 1. The molecule has 0 saturated carbocycles. The monoisotopic (exact) mass is 537 g/mol. The van der Waals surface area contributed by atoms with Crippen LogP contribution in [0.2, 0.25) is 10.0 Å². The molecule has 0 aliphatic rings.